The van der Waals surface area contributed by atoms with Gasteiger partial charge >= 0.3 is 0 Å². The number of non-ortho nitro benzene ring substituents is 1. The van der Waals surface area contributed by atoms with E-state index in [1.165, 1.54) is 12.1 Å². The third-order valence-electron chi connectivity index (χ3n) is 2.91. The second-order valence-electron chi connectivity index (χ2n) is 4.60. The number of nitro groups is 1. The second-order valence-corrected chi connectivity index (χ2v) is 4.60. The van der Waals surface area contributed by atoms with Crippen LogP contribution in [0.15, 0.2) is 36.0 Å². The molecule has 2 rings (SSSR count). The van der Waals surface area contributed by atoms with Crippen LogP contribution in [0.2, 0.25) is 0 Å². The highest BCUT2D eigenvalue weighted by Gasteiger charge is 2.27. The van der Waals surface area contributed by atoms with Crippen LogP contribution in [0.3, 0.4) is 0 Å². The summed E-state index contributed by atoms with van der Waals surface area (Å²) in [6.07, 6.45) is 2.50. The Morgan fingerprint density at radius 3 is 2.47 bits per heavy atom. The summed E-state index contributed by atoms with van der Waals surface area (Å²) in [5.41, 5.74) is 1.47. The normalized spacial score (nSPS) is 17.1. The van der Waals surface area contributed by atoms with E-state index in [-0.39, 0.29) is 11.6 Å². The third kappa shape index (κ3) is 2.73. The first kappa shape index (κ1) is 13.1. The highest BCUT2D eigenvalue weighted by Crippen LogP contribution is 2.26. The molecule has 0 bridgehead atoms. The summed E-state index contributed by atoms with van der Waals surface area (Å²) in [6, 6.07) is 6.04. The molecule has 100 valence electrons. The maximum absolute atomic E-state index is 12.2. The molecule has 1 aromatic carbocycles. The lowest BCUT2D eigenvalue weighted by Crippen LogP contribution is -2.24. The minimum Gasteiger partial charge on any atom is -0.383 e. The highest BCUT2D eigenvalue weighted by molar-refractivity contribution is 6.08. The number of nitro benzene ring substituents is 1. The van der Waals surface area contributed by atoms with Gasteiger partial charge in [0.15, 0.2) is 0 Å². The van der Waals surface area contributed by atoms with Crippen molar-refractivity contribution >= 4 is 17.3 Å². The summed E-state index contributed by atoms with van der Waals surface area (Å²) >= 11 is 0. The molecule has 0 atom stereocenters. The second kappa shape index (κ2) is 5.09. The minimum atomic E-state index is -0.451. The van der Waals surface area contributed by atoms with Crippen LogP contribution >= 0.6 is 0 Å². The van der Waals surface area contributed by atoms with Gasteiger partial charge in [-0.25, -0.2) is 0 Å². The van der Waals surface area contributed by atoms with Crippen molar-refractivity contribution in [1.29, 1.82) is 0 Å². The molecule has 0 radical (unpaired) electrons. The van der Waals surface area contributed by atoms with Gasteiger partial charge in [0, 0.05) is 50.2 Å². The Bertz CT molecular complexity index is 535. The Balaban J connectivity index is 2.20. The molecule has 1 saturated heterocycles. The highest BCUT2D eigenvalue weighted by atomic mass is 16.6. The molecule has 0 aromatic heterocycles. The predicted octanol–water partition coefficient (Wildman–Crippen LogP) is 1.78. The quantitative estimate of drug-likeness (QED) is 0.472. The smallest absolute Gasteiger partial charge is 0.269 e. The van der Waals surface area contributed by atoms with Gasteiger partial charge in [-0.2, -0.15) is 0 Å². The van der Waals surface area contributed by atoms with Gasteiger partial charge in [-0.05, 0) is 18.6 Å². The van der Waals surface area contributed by atoms with Crippen LogP contribution in [0.1, 0.15) is 6.42 Å². The van der Waals surface area contributed by atoms with Gasteiger partial charge in [-0.1, -0.05) is 0 Å². The molecule has 19 heavy (non-hydrogen) atoms. The Kier molecular flexibility index (Phi) is 3.50. The summed E-state index contributed by atoms with van der Waals surface area (Å²) in [5, 5.41) is 10.6. The summed E-state index contributed by atoms with van der Waals surface area (Å²) in [7, 11) is 3.74. The number of rotatable bonds is 3. The first-order valence-electron chi connectivity index (χ1n) is 5.92. The maximum atomic E-state index is 12.2. The number of amides is 1. The van der Waals surface area contributed by atoms with Crippen molar-refractivity contribution in [3.05, 3.63) is 46.2 Å². The van der Waals surface area contributed by atoms with Crippen LogP contribution in [0.4, 0.5) is 11.4 Å². The van der Waals surface area contributed by atoms with Gasteiger partial charge in [-0.15, -0.1) is 0 Å². The van der Waals surface area contributed by atoms with E-state index in [0.29, 0.717) is 18.7 Å². The van der Waals surface area contributed by atoms with E-state index < -0.39 is 4.92 Å². The van der Waals surface area contributed by atoms with E-state index in [9.17, 15) is 14.9 Å². The molecule has 1 aromatic rings. The standard InChI is InChI=1S/C13H15N3O3/c1-14(2)9-10-7-8-15(13(10)17)11-3-5-12(6-4-11)16(18)19/h3-6,9H,7-8H2,1-2H3. The molecular weight excluding hydrogens is 246 g/mol. The van der Waals surface area contributed by atoms with Crippen molar-refractivity contribution in [2.75, 3.05) is 25.5 Å². The SMILES string of the molecule is CN(C)C=C1CCN(c2ccc([N+](=O)[O-])cc2)C1=O. The van der Waals surface area contributed by atoms with Gasteiger partial charge in [0.25, 0.3) is 11.6 Å². The lowest BCUT2D eigenvalue weighted by Gasteiger charge is -2.15. The summed E-state index contributed by atoms with van der Waals surface area (Å²) in [4.78, 5) is 25.8. The molecule has 1 aliphatic heterocycles. The average Bonchev–Trinajstić information content (AvgIpc) is 2.70. The fourth-order valence-corrected chi connectivity index (χ4v) is 2.05. The van der Waals surface area contributed by atoms with Crippen molar-refractivity contribution in [3.63, 3.8) is 0 Å². The monoisotopic (exact) mass is 261 g/mol. The molecule has 1 heterocycles. The topological polar surface area (TPSA) is 66.7 Å². The number of benzene rings is 1. The zero-order valence-electron chi connectivity index (χ0n) is 10.9. The first-order valence-corrected chi connectivity index (χ1v) is 5.92. The van der Waals surface area contributed by atoms with Gasteiger partial charge in [0.1, 0.15) is 0 Å². The van der Waals surface area contributed by atoms with E-state index in [1.807, 2.05) is 25.2 Å². The molecule has 0 unspecified atom stereocenters. The molecule has 1 aliphatic rings. The third-order valence-corrected chi connectivity index (χ3v) is 2.91. The van der Waals surface area contributed by atoms with E-state index in [1.54, 1.807) is 17.0 Å². The molecule has 6 heteroatoms. The summed E-state index contributed by atoms with van der Waals surface area (Å²) < 4.78 is 0. The van der Waals surface area contributed by atoms with Crippen LogP contribution < -0.4 is 4.90 Å². The molecule has 1 fully saturated rings. The van der Waals surface area contributed by atoms with Crippen LogP contribution in [0.5, 0.6) is 0 Å². The number of hydrogen-bond donors (Lipinski definition) is 0. The summed E-state index contributed by atoms with van der Waals surface area (Å²) in [5.74, 6) is -0.0393. The fourth-order valence-electron chi connectivity index (χ4n) is 2.05. The molecular formula is C13H15N3O3. The van der Waals surface area contributed by atoms with Crippen LogP contribution in [0, 0.1) is 10.1 Å². The first-order chi connectivity index (χ1) is 8.99. The summed E-state index contributed by atoms with van der Waals surface area (Å²) in [6.45, 7) is 0.607. The van der Waals surface area contributed by atoms with Crippen LogP contribution in [-0.4, -0.2) is 36.4 Å². The lowest BCUT2D eigenvalue weighted by atomic mass is 10.2. The zero-order valence-corrected chi connectivity index (χ0v) is 10.9. The largest absolute Gasteiger partial charge is 0.383 e. The van der Waals surface area contributed by atoms with Gasteiger partial charge in [0.2, 0.25) is 0 Å². The number of hydrogen-bond acceptors (Lipinski definition) is 4. The number of anilines is 1. The number of nitrogens with zero attached hydrogens (tertiary/aromatic N) is 3. The van der Waals surface area contributed by atoms with Gasteiger partial charge in [-0.3, -0.25) is 14.9 Å². The Labute approximate surface area is 111 Å². The van der Waals surface area contributed by atoms with Crippen LogP contribution in [-0.2, 0) is 4.79 Å². The van der Waals surface area contributed by atoms with Crippen molar-refractivity contribution in [1.82, 2.24) is 4.90 Å². The number of carbonyl (C=O) groups is 1. The van der Waals surface area contributed by atoms with Crippen molar-refractivity contribution in [2.24, 2.45) is 0 Å². The molecule has 0 saturated carbocycles. The molecule has 1 amide bonds. The fraction of sp³-hybridized carbons (Fsp3) is 0.308. The molecule has 6 nitrogen and oxygen atoms in total. The predicted molar refractivity (Wildman–Crippen MR) is 71.8 cm³/mol. The number of carbonyl (C=O) groups excluding carboxylic acids is 1. The van der Waals surface area contributed by atoms with Crippen molar-refractivity contribution in [3.8, 4) is 0 Å². The van der Waals surface area contributed by atoms with Gasteiger partial charge in [0.05, 0.1) is 4.92 Å². The Morgan fingerprint density at radius 2 is 1.95 bits per heavy atom. The van der Waals surface area contributed by atoms with Crippen molar-refractivity contribution < 1.29 is 9.72 Å². The van der Waals surface area contributed by atoms with E-state index in [2.05, 4.69) is 0 Å². The van der Waals surface area contributed by atoms with Crippen LogP contribution in [0.25, 0.3) is 0 Å². The van der Waals surface area contributed by atoms with E-state index >= 15 is 0 Å². The average molecular weight is 261 g/mol. The maximum Gasteiger partial charge on any atom is 0.269 e. The van der Waals surface area contributed by atoms with E-state index in [4.69, 9.17) is 0 Å². The van der Waals surface area contributed by atoms with E-state index in [0.717, 1.165) is 5.57 Å². The Morgan fingerprint density at radius 1 is 1.32 bits per heavy atom. The van der Waals surface area contributed by atoms with Gasteiger partial charge < -0.3 is 9.80 Å². The molecule has 0 N–H and O–H groups in total. The lowest BCUT2D eigenvalue weighted by molar-refractivity contribution is -0.384. The van der Waals surface area contributed by atoms with Crippen molar-refractivity contribution in [2.45, 2.75) is 6.42 Å². The molecule has 0 aliphatic carbocycles. The molecule has 0 spiro atoms. The minimum absolute atomic E-state index is 0.0273. The zero-order chi connectivity index (χ0) is 14.0. The Hall–Kier alpha value is -2.37.